The lowest BCUT2D eigenvalue weighted by molar-refractivity contribution is 0.156. The Morgan fingerprint density at radius 1 is 1.18 bits per heavy atom. The fourth-order valence-electron chi connectivity index (χ4n) is 1.97. The standard InChI is InChI=1S/C14H18N2O/c1-2-10-17-11-7-12(13-5-3-8-15-13)14-6-4-9-16-14/h2-6,8-9,12,15-16H,1,7,10-11H2. The number of hydrogen-bond donors (Lipinski definition) is 2. The summed E-state index contributed by atoms with van der Waals surface area (Å²) in [4.78, 5) is 6.54. The van der Waals surface area contributed by atoms with Gasteiger partial charge in [0.15, 0.2) is 0 Å². The van der Waals surface area contributed by atoms with E-state index >= 15 is 0 Å². The van der Waals surface area contributed by atoms with Gasteiger partial charge >= 0.3 is 0 Å². The van der Waals surface area contributed by atoms with Crippen LogP contribution in [0.25, 0.3) is 0 Å². The third-order valence-electron chi connectivity index (χ3n) is 2.78. The van der Waals surface area contributed by atoms with Gasteiger partial charge in [0.2, 0.25) is 0 Å². The molecule has 0 aliphatic rings. The van der Waals surface area contributed by atoms with Gasteiger partial charge in [0.1, 0.15) is 0 Å². The van der Waals surface area contributed by atoms with Gasteiger partial charge in [-0.05, 0) is 30.7 Å². The second-order valence-electron chi connectivity index (χ2n) is 3.96. The van der Waals surface area contributed by atoms with Crippen molar-refractivity contribution < 1.29 is 4.74 Å². The molecule has 2 heterocycles. The van der Waals surface area contributed by atoms with Gasteiger partial charge in [-0.1, -0.05) is 6.08 Å². The number of aromatic nitrogens is 2. The minimum atomic E-state index is 0.338. The van der Waals surface area contributed by atoms with E-state index in [1.807, 2.05) is 24.5 Å². The van der Waals surface area contributed by atoms with Crippen LogP contribution in [-0.4, -0.2) is 23.2 Å². The molecule has 0 unspecified atom stereocenters. The average Bonchev–Trinajstić information content (AvgIpc) is 3.02. The molecule has 0 bridgehead atoms. The molecule has 2 rings (SSSR count). The number of hydrogen-bond acceptors (Lipinski definition) is 1. The molecule has 2 aromatic rings. The van der Waals surface area contributed by atoms with E-state index in [1.165, 1.54) is 11.4 Å². The molecule has 0 saturated carbocycles. The highest BCUT2D eigenvalue weighted by atomic mass is 16.5. The first-order valence-corrected chi connectivity index (χ1v) is 5.87. The quantitative estimate of drug-likeness (QED) is 0.557. The van der Waals surface area contributed by atoms with E-state index in [0.29, 0.717) is 12.5 Å². The van der Waals surface area contributed by atoms with Crippen molar-refractivity contribution in [2.75, 3.05) is 13.2 Å². The van der Waals surface area contributed by atoms with Crippen molar-refractivity contribution in [1.29, 1.82) is 0 Å². The van der Waals surface area contributed by atoms with Gasteiger partial charge in [-0.25, -0.2) is 0 Å². The van der Waals surface area contributed by atoms with Crippen molar-refractivity contribution in [3.05, 3.63) is 60.7 Å². The Morgan fingerprint density at radius 2 is 1.82 bits per heavy atom. The van der Waals surface area contributed by atoms with Gasteiger partial charge in [-0.15, -0.1) is 6.58 Å². The highest BCUT2D eigenvalue weighted by molar-refractivity contribution is 5.23. The van der Waals surface area contributed by atoms with E-state index < -0.39 is 0 Å². The molecule has 3 nitrogen and oxygen atoms in total. The summed E-state index contributed by atoms with van der Waals surface area (Å²) in [5, 5.41) is 0. The van der Waals surface area contributed by atoms with Crippen LogP contribution in [0.3, 0.4) is 0 Å². The summed E-state index contributed by atoms with van der Waals surface area (Å²) in [6, 6.07) is 8.27. The van der Waals surface area contributed by atoms with Crippen LogP contribution in [0.2, 0.25) is 0 Å². The summed E-state index contributed by atoms with van der Waals surface area (Å²) in [7, 11) is 0. The van der Waals surface area contributed by atoms with Crippen LogP contribution < -0.4 is 0 Å². The van der Waals surface area contributed by atoms with E-state index in [4.69, 9.17) is 4.74 Å². The van der Waals surface area contributed by atoms with Gasteiger partial charge in [0.25, 0.3) is 0 Å². The zero-order valence-electron chi connectivity index (χ0n) is 9.86. The predicted octanol–water partition coefficient (Wildman–Crippen LogP) is 3.07. The third kappa shape index (κ3) is 3.11. The first-order valence-electron chi connectivity index (χ1n) is 5.87. The molecule has 17 heavy (non-hydrogen) atoms. The summed E-state index contributed by atoms with van der Waals surface area (Å²) in [6.07, 6.45) is 6.64. The van der Waals surface area contributed by atoms with Crippen LogP contribution >= 0.6 is 0 Å². The van der Waals surface area contributed by atoms with Crippen LogP contribution in [0.15, 0.2) is 49.3 Å². The van der Waals surface area contributed by atoms with Gasteiger partial charge in [0, 0.05) is 36.3 Å². The molecule has 2 aromatic heterocycles. The second-order valence-corrected chi connectivity index (χ2v) is 3.96. The van der Waals surface area contributed by atoms with Gasteiger partial charge in [0.05, 0.1) is 6.61 Å². The molecular weight excluding hydrogens is 212 g/mol. The summed E-state index contributed by atoms with van der Waals surface area (Å²) in [5.41, 5.74) is 2.43. The van der Waals surface area contributed by atoms with Gasteiger partial charge in [-0.2, -0.15) is 0 Å². The Morgan fingerprint density at radius 3 is 2.29 bits per heavy atom. The normalized spacial score (nSPS) is 10.9. The number of nitrogens with one attached hydrogen (secondary N) is 2. The molecule has 0 spiro atoms. The maximum Gasteiger partial charge on any atom is 0.0644 e. The molecule has 0 atom stereocenters. The fourth-order valence-corrected chi connectivity index (χ4v) is 1.97. The number of rotatable bonds is 7. The van der Waals surface area contributed by atoms with Crippen LogP contribution in [0, 0.1) is 0 Å². The summed E-state index contributed by atoms with van der Waals surface area (Å²) in [6.45, 7) is 4.98. The number of aromatic amines is 2. The number of ether oxygens (including phenoxy) is 1. The van der Waals surface area contributed by atoms with Gasteiger partial charge < -0.3 is 14.7 Å². The van der Waals surface area contributed by atoms with Crippen molar-refractivity contribution in [2.24, 2.45) is 0 Å². The Kier molecular flexibility index (Phi) is 4.22. The van der Waals surface area contributed by atoms with Crippen LogP contribution in [0.4, 0.5) is 0 Å². The maximum absolute atomic E-state index is 5.46. The van der Waals surface area contributed by atoms with E-state index in [0.717, 1.165) is 13.0 Å². The lowest BCUT2D eigenvalue weighted by atomic mass is 9.98. The fraction of sp³-hybridized carbons (Fsp3) is 0.286. The molecule has 3 heteroatoms. The van der Waals surface area contributed by atoms with Crippen LogP contribution in [-0.2, 0) is 4.74 Å². The lowest BCUT2D eigenvalue weighted by Gasteiger charge is -2.14. The number of H-pyrrole nitrogens is 2. The van der Waals surface area contributed by atoms with Crippen molar-refractivity contribution in [3.8, 4) is 0 Å². The first-order chi connectivity index (χ1) is 8.42. The monoisotopic (exact) mass is 230 g/mol. The molecule has 2 N–H and O–H groups in total. The van der Waals surface area contributed by atoms with Crippen molar-refractivity contribution in [1.82, 2.24) is 9.97 Å². The molecule has 0 amide bonds. The average molecular weight is 230 g/mol. The molecule has 0 saturated heterocycles. The molecule has 0 radical (unpaired) electrons. The Balaban J connectivity index is 2.01. The van der Waals surface area contributed by atoms with E-state index in [-0.39, 0.29) is 0 Å². The summed E-state index contributed by atoms with van der Waals surface area (Å²) in [5.74, 6) is 0.338. The highest BCUT2D eigenvalue weighted by Gasteiger charge is 2.15. The smallest absolute Gasteiger partial charge is 0.0644 e. The molecule has 90 valence electrons. The Bertz CT molecular complexity index is 383. The summed E-state index contributed by atoms with van der Waals surface area (Å²) >= 11 is 0. The Labute approximate surface area is 102 Å². The minimum Gasteiger partial charge on any atom is -0.377 e. The van der Waals surface area contributed by atoms with Crippen LogP contribution in [0.5, 0.6) is 0 Å². The van der Waals surface area contributed by atoms with Crippen molar-refractivity contribution >= 4 is 0 Å². The zero-order valence-corrected chi connectivity index (χ0v) is 9.86. The molecular formula is C14H18N2O. The van der Waals surface area contributed by atoms with Gasteiger partial charge in [-0.3, -0.25) is 0 Å². The predicted molar refractivity (Wildman–Crippen MR) is 69.1 cm³/mol. The molecule has 0 aliphatic carbocycles. The van der Waals surface area contributed by atoms with Crippen LogP contribution in [0.1, 0.15) is 23.7 Å². The minimum absolute atomic E-state index is 0.338. The molecule has 0 aliphatic heterocycles. The van der Waals surface area contributed by atoms with E-state index in [2.05, 4.69) is 28.7 Å². The zero-order chi connectivity index (χ0) is 11.9. The molecule has 0 fully saturated rings. The lowest BCUT2D eigenvalue weighted by Crippen LogP contribution is -2.06. The topological polar surface area (TPSA) is 40.8 Å². The third-order valence-corrected chi connectivity index (χ3v) is 2.78. The van der Waals surface area contributed by atoms with E-state index in [9.17, 15) is 0 Å². The first kappa shape index (κ1) is 11.7. The Hall–Kier alpha value is -1.74. The second kappa shape index (κ2) is 6.11. The summed E-state index contributed by atoms with van der Waals surface area (Å²) < 4.78 is 5.46. The highest BCUT2D eigenvalue weighted by Crippen LogP contribution is 2.25. The van der Waals surface area contributed by atoms with Crippen molar-refractivity contribution in [3.63, 3.8) is 0 Å². The molecule has 0 aromatic carbocycles. The van der Waals surface area contributed by atoms with Crippen molar-refractivity contribution in [2.45, 2.75) is 12.3 Å². The SMILES string of the molecule is C=CCOCCC(c1ccc[nH]1)c1ccc[nH]1. The van der Waals surface area contributed by atoms with E-state index in [1.54, 1.807) is 6.08 Å². The largest absolute Gasteiger partial charge is 0.377 e. The maximum atomic E-state index is 5.46.